The molecule has 3 heteroatoms. The summed E-state index contributed by atoms with van der Waals surface area (Å²) in [4.78, 5) is 0. The molecular weight excluding hydrogens is 166 g/mol. The highest BCUT2D eigenvalue weighted by Gasteiger charge is 2.22. The van der Waals surface area contributed by atoms with E-state index in [1.54, 1.807) is 0 Å². The van der Waals surface area contributed by atoms with Crippen LogP contribution in [0.1, 0.15) is 12.0 Å². The van der Waals surface area contributed by atoms with E-state index in [0.717, 1.165) is 17.9 Å². The van der Waals surface area contributed by atoms with Crippen molar-refractivity contribution < 1.29 is 9.47 Å². The predicted molar refractivity (Wildman–Crippen MR) is 49.9 cm³/mol. The van der Waals surface area contributed by atoms with Crippen LogP contribution < -0.4 is 15.2 Å². The molecule has 0 saturated heterocycles. The van der Waals surface area contributed by atoms with Gasteiger partial charge in [-0.05, 0) is 31.2 Å². The number of benzene rings is 1. The zero-order valence-electron chi connectivity index (χ0n) is 7.62. The molecule has 1 atom stereocenters. The van der Waals surface area contributed by atoms with Crippen LogP contribution in [0.4, 0.5) is 0 Å². The maximum Gasteiger partial charge on any atom is 0.242 e. The molecule has 1 aromatic rings. The summed E-state index contributed by atoms with van der Waals surface area (Å²) >= 11 is 0. The first kappa shape index (κ1) is 8.38. The van der Waals surface area contributed by atoms with Gasteiger partial charge in [-0.25, -0.2) is 0 Å². The molecule has 1 aliphatic heterocycles. The van der Waals surface area contributed by atoms with Gasteiger partial charge >= 0.3 is 0 Å². The van der Waals surface area contributed by atoms with Gasteiger partial charge in [-0.3, -0.25) is 0 Å². The first-order valence-electron chi connectivity index (χ1n) is 4.43. The average Bonchev–Trinajstić information content (AvgIpc) is 2.46. The third-order valence-electron chi connectivity index (χ3n) is 2.02. The molecule has 0 bridgehead atoms. The van der Waals surface area contributed by atoms with E-state index in [4.69, 9.17) is 15.2 Å². The van der Waals surface area contributed by atoms with E-state index in [-0.39, 0.29) is 6.29 Å². The van der Waals surface area contributed by atoms with Crippen LogP contribution in [-0.4, -0.2) is 12.8 Å². The minimum Gasteiger partial charge on any atom is -0.451 e. The lowest BCUT2D eigenvalue weighted by molar-refractivity contribution is 0.0442. The van der Waals surface area contributed by atoms with Crippen LogP contribution in [0.25, 0.3) is 0 Å². The molecule has 3 nitrogen and oxygen atoms in total. The second-order valence-electron chi connectivity index (χ2n) is 3.19. The Balaban J connectivity index is 2.16. The van der Waals surface area contributed by atoms with Crippen LogP contribution in [0.3, 0.4) is 0 Å². The van der Waals surface area contributed by atoms with Crippen molar-refractivity contribution >= 4 is 0 Å². The molecule has 70 valence electrons. The highest BCUT2D eigenvalue weighted by molar-refractivity contribution is 5.44. The van der Waals surface area contributed by atoms with Gasteiger partial charge in [-0.2, -0.15) is 0 Å². The van der Waals surface area contributed by atoms with E-state index in [1.807, 2.05) is 25.1 Å². The van der Waals surface area contributed by atoms with Crippen LogP contribution in [-0.2, 0) is 0 Å². The molecule has 1 aromatic carbocycles. The largest absolute Gasteiger partial charge is 0.451 e. The Labute approximate surface area is 77.5 Å². The quantitative estimate of drug-likeness (QED) is 0.747. The molecule has 0 fully saturated rings. The molecule has 1 unspecified atom stereocenters. The van der Waals surface area contributed by atoms with E-state index in [0.29, 0.717) is 6.54 Å². The lowest BCUT2D eigenvalue weighted by Gasteiger charge is -2.07. The first-order chi connectivity index (χ1) is 6.29. The van der Waals surface area contributed by atoms with Crippen molar-refractivity contribution in [1.82, 2.24) is 0 Å². The third kappa shape index (κ3) is 1.60. The van der Waals surface area contributed by atoms with Crippen molar-refractivity contribution in [3.8, 4) is 11.5 Å². The van der Waals surface area contributed by atoms with Gasteiger partial charge in [0.2, 0.25) is 6.29 Å². The first-order valence-corrected chi connectivity index (χ1v) is 4.43. The minimum absolute atomic E-state index is 0.193. The maximum absolute atomic E-state index is 5.53. The normalized spacial score (nSPS) is 19.1. The monoisotopic (exact) mass is 179 g/mol. The maximum atomic E-state index is 5.53. The van der Waals surface area contributed by atoms with Gasteiger partial charge in [0.05, 0.1) is 0 Å². The lowest BCUT2D eigenvalue weighted by Crippen LogP contribution is -2.21. The second-order valence-corrected chi connectivity index (χ2v) is 3.19. The van der Waals surface area contributed by atoms with E-state index in [2.05, 4.69) is 0 Å². The molecule has 0 spiro atoms. The molecule has 13 heavy (non-hydrogen) atoms. The van der Waals surface area contributed by atoms with Gasteiger partial charge < -0.3 is 15.2 Å². The molecule has 0 aromatic heterocycles. The van der Waals surface area contributed by atoms with Crippen LogP contribution in [0.2, 0.25) is 0 Å². The summed E-state index contributed by atoms with van der Waals surface area (Å²) in [5.74, 6) is 1.66. The number of ether oxygens (including phenoxy) is 2. The number of rotatable bonds is 2. The SMILES string of the molecule is Cc1ccc2c(c1)OC(CCN)O2. The van der Waals surface area contributed by atoms with E-state index in [1.165, 1.54) is 5.56 Å². The number of nitrogens with two attached hydrogens (primary N) is 1. The number of fused-ring (bicyclic) bond motifs is 1. The van der Waals surface area contributed by atoms with Crippen molar-refractivity contribution in [3.63, 3.8) is 0 Å². The highest BCUT2D eigenvalue weighted by atomic mass is 16.7. The fourth-order valence-electron chi connectivity index (χ4n) is 1.37. The van der Waals surface area contributed by atoms with Crippen LogP contribution in [0.15, 0.2) is 18.2 Å². The fraction of sp³-hybridized carbons (Fsp3) is 0.400. The van der Waals surface area contributed by atoms with Gasteiger partial charge in [0, 0.05) is 6.42 Å². The Kier molecular flexibility index (Phi) is 2.10. The summed E-state index contributed by atoms with van der Waals surface area (Å²) < 4.78 is 11.0. The Morgan fingerprint density at radius 1 is 1.31 bits per heavy atom. The Morgan fingerprint density at radius 2 is 2.08 bits per heavy atom. The summed E-state index contributed by atoms with van der Waals surface area (Å²) in [6, 6.07) is 5.92. The second kappa shape index (κ2) is 3.26. The number of hydrogen-bond donors (Lipinski definition) is 1. The Bertz CT molecular complexity index is 312. The Morgan fingerprint density at radius 3 is 2.85 bits per heavy atom. The molecule has 0 aliphatic carbocycles. The standard InChI is InChI=1S/C10H13NO2/c1-7-2-3-8-9(6-7)13-10(12-8)4-5-11/h2-3,6,10H,4-5,11H2,1H3. The summed E-state index contributed by atoms with van der Waals surface area (Å²) in [6.07, 6.45) is 0.537. The topological polar surface area (TPSA) is 44.5 Å². The highest BCUT2D eigenvalue weighted by Crippen LogP contribution is 2.35. The Hall–Kier alpha value is -1.22. The number of hydrogen-bond acceptors (Lipinski definition) is 3. The van der Waals surface area contributed by atoms with Gasteiger partial charge in [0.1, 0.15) is 0 Å². The third-order valence-corrected chi connectivity index (χ3v) is 2.02. The molecule has 1 heterocycles. The summed E-state index contributed by atoms with van der Waals surface area (Å²) in [7, 11) is 0. The average molecular weight is 179 g/mol. The van der Waals surface area contributed by atoms with E-state index < -0.39 is 0 Å². The zero-order chi connectivity index (χ0) is 9.26. The van der Waals surface area contributed by atoms with Gasteiger partial charge in [0.25, 0.3) is 0 Å². The van der Waals surface area contributed by atoms with Crippen molar-refractivity contribution in [2.24, 2.45) is 5.73 Å². The van der Waals surface area contributed by atoms with Crippen LogP contribution in [0, 0.1) is 6.92 Å². The van der Waals surface area contributed by atoms with E-state index >= 15 is 0 Å². The summed E-state index contributed by atoms with van der Waals surface area (Å²) in [6.45, 7) is 2.61. The van der Waals surface area contributed by atoms with Gasteiger partial charge in [0.15, 0.2) is 11.5 Å². The van der Waals surface area contributed by atoms with Crippen molar-refractivity contribution in [2.45, 2.75) is 19.6 Å². The van der Waals surface area contributed by atoms with Crippen LogP contribution in [0.5, 0.6) is 11.5 Å². The lowest BCUT2D eigenvalue weighted by atomic mass is 10.2. The van der Waals surface area contributed by atoms with E-state index in [9.17, 15) is 0 Å². The molecule has 0 radical (unpaired) electrons. The molecule has 0 amide bonds. The van der Waals surface area contributed by atoms with Gasteiger partial charge in [-0.15, -0.1) is 0 Å². The molecule has 1 aliphatic rings. The molecule has 2 N–H and O–H groups in total. The number of aryl methyl sites for hydroxylation is 1. The molecule has 2 rings (SSSR count). The molecule has 0 saturated carbocycles. The predicted octanol–water partition coefficient (Wildman–Crippen LogP) is 1.44. The fourth-order valence-corrected chi connectivity index (χ4v) is 1.37. The van der Waals surface area contributed by atoms with Crippen molar-refractivity contribution in [2.75, 3.05) is 6.54 Å². The van der Waals surface area contributed by atoms with Crippen LogP contribution >= 0.6 is 0 Å². The van der Waals surface area contributed by atoms with Gasteiger partial charge in [-0.1, -0.05) is 6.07 Å². The molecular formula is C10H13NO2. The minimum atomic E-state index is -0.193. The smallest absolute Gasteiger partial charge is 0.242 e. The summed E-state index contributed by atoms with van der Waals surface area (Å²) in [5, 5.41) is 0. The summed E-state index contributed by atoms with van der Waals surface area (Å²) in [5.41, 5.74) is 6.59. The zero-order valence-corrected chi connectivity index (χ0v) is 7.62. The van der Waals surface area contributed by atoms with Crippen molar-refractivity contribution in [1.29, 1.82) is 0 Å². The van der Waals surface area contributed by atoms with Crippen molar-refractivity contribution in [3.05, 3.63) is 23.8 Å².